The number of rotatable bonds is 8. The van der Waals surface area contributed by atoms with Crippen LogP contribution in [0.25, 0.3) is 0 Å². The maximum absolute atomic E-state index is 11.1. The molecule has 6 nitrogen and oxygen atoms in total. The van der Waals surface area contributed by atoms with Crippen molar-refractivity contribution in [3.05, 3.63) is 0 Å². The fraction of sp³-hybridized carbons (Fsp3) is 0.778. The van der Waals surface area contributed by atoms with Crippen LogP contribution in [-0.4, -0.2) is 31.5 Å². The van der Waals surface area contributed by atoms with Crippen molar-refractivity contribution in [3.8, 4) is 0 Å². The Morgan fingerprint density at radius 2 is 1.93 bits per heavy atom. The molecule has 0 aromatic carbocycles. The third-order valence-electron chi connectivity index (χ3n) is 1.81. The van der Waals surface area contributed by atoms with Crippen molar-refractivity contribution in [1.82, 2.24) is 5.32 Å². The van der Waals surface area contributed by atoms with Crippen LogP contribution in [0.4, 0.5) is 0 Å². The lowest BCUT2D eigenvalue weighted by Crippen LogP contribution is -2.25. The number of carbonyl (C=O) groups is 1. The smallest absolute Gasteiger partial charge is 0.220 e. The molecule has 0 aliphatic heterocycles. The van der Waals surface area contributed by atoms with E-state index in [0.29, 0.717) is 26.1 Å². The average molecular weight is 215 g/mol. The van der Waals surface area contributed by atoms with Crippen LogP contribution in [0.3, 0.4) is 0 Å². The first-order chi connectivity index (χ1) is 7.16. The predicted molar refractivity (Wildman–Crippen MR) is 61.2 cm³/mol. The van der Waals surface area contributed by atoms with E-state index in [2.05, 4.69) is 10.3 Å². The summed E-state index contributed by atoms with van der Waals surface area (Å²) in [4.78, 5) is 14.9. The van der Waals surface area contributed by atoms with E-state index in [1.54, 1.807) is 0 Å². The van der Waals surface area contributed by atoms with Crippen molar-refractivity contribution in [3.63, 3.8) is 0 Å². The lowest BCUT2D eigenvalue weighted by Gasteiger charge is -2.03. The summed E-state index contributed by atoms with van der Waals surface area (Å²) >= 11 is 0. The molecule has 0 aromatic heterocycles. The molecule has 0 radical (unpaired) electrons. The first-order valence-corrected chi connectivity index (χ1v) is 5.19. The summed E-state index contributed by atoms with van der Waals surface area (Å²) < 4.78 is 0. The maximum atomic E-state index is 11.1. The van der Waals surface area contributed by atoms with Crippen molar-refractivity contribution >= 4 is 11.9 Å². The van der Waals surface area contributed by atoms with Gasteiger partial charge in [0.05, 0.1) is 0 Å². The number of hydrogen-bond donors (Lipinski definition) is 4. The number of aliphatic imine (C=N–C) groups is 1. The van der Waals surface area contributed by atoms with E-state index in [-0.39, 0.29) is 11.9 Å². The Labute approximate surface area is 90.3 Å². The van der Waals surface area contributed by atoms with Crippen LogP contribution in [0.1, 0.15) is 25.7 Å². The summed E-state index contributed by atoms with van der Waals surface area (Å²) in [6.45, 7) is 1.84. The number of nitrogens with zero attached hydrogens (tertiary/aromatic N) is 1. The molecule has 0 rings (SSSR count). The predicted octanol–water partition coefficient (Wildman–Crippen LogP) is -1.10. The molecule has 0 aliphatic carbocycles. The van der Waals surface area contributed by atoms with Gasteiger partial charge in [0, 0.05) is 19.5 Å². The quantitative estimate of drug-likeness (QED) is 0.233. The van der Waals surface area contributed by atoms with Crippen LogP contribution < -0.4 is 22.5 Å². The zero-order valence-electron chi connectivity index (χ0n) is 9.04. The standard InChI is InChI=1S/C9H21N5O/c10-5-3-4-8(15)13-6-1-2-7-14-9(11)12/h1-7,10H2,(H,13,15)(H4,11,12,14). The Bertz CT molecular complexity index is 201. The molecule has 0 saturated heterocycles. The van der Waals surface area contributed by atoms with Gasteiger partial charge in [-0.15, -0.1) is 0 Å². The van der Waals surface area contributed by atoms with E-state index in [4.69, 9.17) is 17.2 Å². The Morgan fingerprint density at radius 1 is 1.20 bits per heavy atom. The number of carbonyl (C=O) groups excluding carboxylic acids is 1. The van der Waals surface area contributed by atoms with Crippen LogP contribution in [0.5, 0.6) is 0 Å². The SMILES string of the molecule is NCCCC(=O)NCCCCN=C(N)N. The lowest BCUT2D eigenvalue weighted by molar-refractivity contribution is -0.121. The van der Waals surface area contributed by atoms with Gasteiger partial charge in [-0.25, -0.2) is 0 Å². The van der Waals surface area contributed by atoms with Gasteiger partial charge < -0.3 is 22.5 Å². The monoisotopic (exact) mass is 215 g/mol. The highest BCUT2D eigenvalue weighted by Gasteiger charge is 1.98. The molecule has 0 unspecified atom stereocenters. The zero-order chi connectivity index (χ0) is 11.5. The van der Waals surface area contributed by atoms with Crippen LogP contribution >= 0.6 is 0 Å². The third-order valence-corrected chi connectivity index (χ3v) is 1.81. The van der Waals surface area contributed by atoms with Crippen LogP contribution in [0, 0.1) is 0 Å². The van der Waals surface area contributed by atoms with E-state index in [9.17, 15) is 4.79 Å². The van der Waals surface area contributed by atoms with Crippen molar-refractivity contribution in [1.29, 1.82) is 0 Å². The molecule has 0 saturated carbocycles. The molecule has 0 fully saturated rings. The third kappa shape index (κ3) is 10.6. The molecule has 88 valence electrons. The van der Waals surface area contributed by atoms with Gasteiger partial charge >= 0.3 is 0 Å². The highest BCUT2D eigenvalue weighted by atomic mass is 16.1. The second-order valence-electron chi connectivity index (χ2n) is 3.26. The van der Waals surface area contributed by atoms with Gasteiger partial charge in [-0.05, 0) is 25.8 Å². The second-order valence-corrected chi connectivity index (χ2v) is 3.26. The normalized spacial score (nSPS) is 9.67. The van der Waals surface area contributed by atoms with E-state index in [0.717, 1.165) is 19.3 Å². The van der Waals surface area contributed by atoms with Gasteiger partial charge in [0.1, 0.15) is 0 Å². The van der Waals surface area contributed by atoms with Crippen molar-refractivity contribution in [2.24, 2.45) is 22.2 Å². The number of hydrogen-bond acceptors (Lipinski definition) is 3. The summed E-state index contributed by atoms with van der Waals surface area (Å²) in [6, 6.07) is 0. The molecular weight excluding hydrogens is 194 g/mol. The van der Waals surface area contributed by atoms with Gasteiger partial charge in [0.15, 0.2) is 5.96 Å². The summed E-state index contributed by atoms with van der Waals surface area (Å²) in [7, 11) is 0. The average Bonchev–Trinajstić information content (AvgIpc) is 2.19. The molecule has 6 heteroatoms. The highest BCUT2D eigenvalue weighted by Crippen LogP contribution is 1.89. The van der Waals surface area contributed by atoms with Crippen molar-refractivity contribution in [2.75, 3.05) is 19.6 Å². The number of amides is 1. The molecule has 0 atom stereocenters. The molecule has 0 bridgehead atoms. The Morgan fingerprint density at radius 3 is 2.53 bits per heavy atom. The first-order valence-electron chi connectivity index (χ1n) is 5.19. The molecule has 0 aliphatic rings. The van der Waals surface area contributed by atoms with Gasteiger partial charge in [-0.1, -0.05) is 0 Å². The number of nitrogens with one attached hydrogen (secondary N) is 1. The van der Waals surface area contributed by atoms with Crippen molar-refractivity contribution < 1.29 is 4.79 Å². The van der Waals surface area contributed by atoms with E-state index in [1.165, 1.54) is 0 Å². The summed E-state index contributed by atoms with van der Waals surface area (Å²) in [5, 5.41) is 2.80. The first kappa shape index (κ1) is 13.7. The van der Waals surface area contributed by atoms with E-state index < -0.39 is 0 Å². The topological polar surface area (TPSA) is 120 Å². The highest BCUT2D eigenvalue weighted by molar-refractivity contribution is 5.76. The molecular formula is C9H21N5O. The maximum Gasteiger partial charge on any atom is 0.220 e. The Balaban J connectivity index is 3.23. The number of unbranched alkanes of at least 4 members (excludes halogenated alkanes) is 1. The Kier molecular flexibility index (Phi) is 8.46. The number of nitrogens with two attached hydrogens (primary N) is 3. The van der Waals surface area contributed by atoms with Gasteiger partial charge in [-0.3, -0.25) is 9.79 Å². The molecule has 7 N–H and O–H groups in total. The van der Waals surface area contributed by atoms with Crippen LogP contribution in [-0.2, 0) is 4.79 Å². The van der Waals surface area contributed by atoms with E-state index >= 15 is 0 Å². The fourth-order valence-corrected chi connectivity index (χ4v) is 1.02. The lowest BCUT2D eigenvalue weighted by atomic mass is 10.2. The van der Waals surface area contributed by atoms with Gasteiger partial charge in [-0.2, -0.15) is 0 Å². The minimum Gasteiger partial charge on any atom is -0.370 e. The van der Waals surface area contributed by atoms with Gasteiger partial charge in [0.25, 0.3) is 0 Å². The largest absolute Gasteiger partial charge is 0.370 e. The summed E-state index contributed by atoms with van der Waals surface area (Å²) in [5.41, 5.74) is 15.6. The summed E-state index contributed by atoms with van der Waals surface area (Å²) in [5.74, 6) is 0.171. The van der Waals surface area contributed by atoms with E-state index in [1.807, 2.05) is 0 Å². The molecule has 15 heavy (non-hydrogen) atoms. The number of guanidine groups is 1. The second kappa shape index (κ2) is 9.26. The Hall–Kier alpha value is -1.30. The van der Waals surface area contributed by atoms with Crippen molar-refractivity contribution in [2.45, 2.75) is 25.7 Å². The zero-order valence-corrected chi connectivity index (χ0v) is 9.04. The fourth-order valence-electron chi connectivity index (χ4n) is 1.02. The summed E-state index contributed by atoms with van der Waals surface area (Å²) in [6.07, 6.45) is 2.99. The van der Waals surface area contributed by atoms with Crippen LogP contribution in [0.15, 0.2) is 4.99 Å². The molecule has 0 spiro atoms. The molecule has 0 heterocycles. The van der Waals surface area contributed by atoms with Gasteiger partial charge in [0.2, 0.25) is 5.91 Å². The van der Waals surface area contributed by atoms with Crippen LogP contribution in [0.2, 0.25) is 0 Å². The molecule has 1 amide bonds. The minimum atomic E-state index is 0.0577. The minimum absolute atomic E-state index is 0.0577. The molecule has 0 aromatic rings.